The van der Waals surface area contributed by atoms with Gasteiger partial charge in [-0.15, -0.1) is 6.58 Å². The van der Waals surface area contributed by atoms with Gasteiger partial charge in [0, 0.05) is 7.11 Å². The lowest BCUT2D eigenvalue weighted by atomic mass is 10.3. The van der Waals surface area contributed by atoms with Crippen LogP contribution < -0.4 is 0 Å². The van der Waals surface area contributed by atoms with Crippen LogP contribution in [0.15, 0.2) is 12.7 Å². The summed E-state index contributed by atoms with van der Waals surface area (Å²) in [5, 5.41) is 0. The number of hydrogen-bond donors (Lipinski definition) is 0. The Morgan fingerprint density at radius 1 is 1.60 bits per heavy atom. The first kappa shape index (κ1) is 9.66. The van der Waals surface area contributed by atoms with E-state index in [-0.39, 0.29) is 6.10 Å². The number of hydrogen-bond acceptors (Lipinski definition) is 2. The summed E-state index contributed by atoms with van der Waals surface area (Å²) in [5.41, 5.74) is 0. The summed E-state index contributed by atoms with van der Waals surface area (Å²) in [6, 6.07) is 0. The van der Waals surface area contributed by atoms with Gasteiger partial charge in [-0.25, -0.2) is 0 Å². The summed E-state index contributed by atoms with van der Waals surface area (Å²) < 4.78 is 10.3. The molecule has 0 spiro atoms. The lowest BCUT2D eigenvalue weighted by Gasteiger charge is -2.12. The summed E-state index contributed by atoms with van der Waals surface area (Å²) in [4.78, 5) is 0. The minimum atomic E-state index is 0.225. The zero-order valence-electron chi connectivity index (χ0n) is 6.80. The van der Waals surface area contributed by atoms with E-state index in [0.717, 1.165) is 6.42 Å². The molecule has 0 saturated heterocycles. The Labute approximate surface area is 62.8 Å². The van der Waals surface area contributed by atoms with Crippen molar-refractivity contribution in [2.75, 3.05) is 20.3 Å². The average Bonchev–Trinajstić information content (AvgIpc) is 1.98. The van der Waals surface area contributed by atoms with Crippen LogP contribution in [0.2, 0.25) is 0 Å². The third kappa shape index (κ3) is 4.53. The first-order valence-corrected chi connectivity index (χ1v) is 3.56. The van der Waals surface area contributed by atoms with Gasteiger partial charge in [0.2, 0.25) is 0 Å². The molecular formula is C8H16O2. The molecule has 0 heterocycles. The van der Waals surface area contributed by atoms with Gasteiger partial charge in [0.25, 0.3) is 0 Å². The first-order valence-electron chi connectivity index (χ1n) is 3.56. The lowest BCUT2D eigenvalue weighted by Crippen LogP contribution is -2.17. The van der Waals surface area contributed by atoms with Crippen LogP contribution in [0.4, 0.5) is 0 Å². The van der Waals surface area contributed by atoms with Crippen LogP contribution >= 0.6 is 0 Å². The zero-order chi connectivity index (χ0) is 7.82. The van der Waals surface area contributed by atoms with E-state index in [0.29, 0.717) is 13.2 Å². The van der Waals surface area contributed by atoms with Crippen molar-refractivity contribution < 1.29 is 9.47 Å². The maximum atomic E-state index is 5.34. The SMILES string of the molecule is C=CCOC(CC)COC. The normalized spacial score (nSPS) is 13.0. The molecule has 0 rings (SSSR count). The first-order chi connectivity index (χ1) is 4.85. The van der Waals surface area contributed by atoms with Crippen LogP contribution in [0.1, 0.15) is 13.3 Å². The van der Waals surface area contributed by atoms with Crippen LogP contribution in [0.25, 0.3) is 0 Å². The van der Waals surface area contributed by atoms with Gasteiger partial charge in [0.1, 0.15) is 0 Å². The van der Waals surface area contributed by atoms with Crippen molar-refractivity contribution in [1.82, 2.24) is 0 Å². The van der Waals surface area contributed by atoms with Crippen LogP contribution in [-0.2, 0) is 9.47 Å². The largest absolute Gasteiger partial charge is 0.382 e. The van der Waals surface area contributed by atoms with Crippen molar-refractivity contribution >= 4 is 0 Å². The van der Waals surface area contributed by atoms with Crippen molar-refractivity contribution in [2.24, 2.45) is 0 Å². The third-order valence-electron chi connectivity index (χ3n) is 1.26. The number of methoxy groups -OCH3 is 1. The Kier molecular flexibility index (Phi) is 6.55. The van der Waals surface area contributed by atoms with Gasteiger partial charge in [-0.3, -0.25) is 0 Å². The van der Waals surface area contributed by atoms with Crippen molar-refractivity contribution in [3.8, 4) is 0 Å². The summed E-state index contributed by atoms with van der Waals surface area (Å²) >= 11 is 0. The molecule has 2 heteroatoms. The summed E-state index contributed by atoms with van der Waals surface area (Å²) in [5.74, 6) is 0. The summed E-state index contributed by atoms with van der Waals surface area (Å²) in [6.45, 7) is 6.92. The van der Waals surface area contributed by atoms with Crippen molar-refractivity contribution in [2.45, 2.75) is 19.4 Å². The highest BCUT2D eigenvalue weighted by Gasteiger charge is 2.02. The van der Waals surface area contributed by atoms with E-state index in [4.69, 9.17) is 9.47 Å². The second-order valence-electron chi connectivity index (χ2n) is 2.11. The predicted octanol–water partition coefficient (Wildman–Crippen LogP) is 1.61. The molecule has 0 bridgehead atoms. The highest BCUT2D eigenvalue weighted by Crippen LogP contribution is 1.97. The number of rotatable bonds is 6. The molecule has 1 unspecified atom stereocenters. The molecule has 0 aromatic rings. The Hall–Kier alpha value is -0.340. The van der Waals surface area contributed by atoms with Gasteiger partial charge in [-0.05, 0) is 6.42 Å². The van der Waals surface area contributed by atoms with Crippen molar-refractivity contribution in [1.29, 1.82) is 0 Å². The lowest BCUT2D eigenvalue weighted by molar-refractivity contribution is 0.00953. The molecule has 0 aromatic carbocycles. The Balaban J connectivity index is 3.29. The molecule has 0 amide bonds. The maximum Gasteiger partial charge on any atom is 0.0810 e. The van der Waals surface area contributed by atoms with Crippen LogP contribution in [0.3, 0.4) is 0 Å². The average molecular weight is 144 g/mol. The quantitative estimate of drug-likeness (QED) is 0.527. The zero-order valence-corrected chi connectivity index (χ0v) is 6.80. The molecule has 0 aliphatic rings. The van der Waals surface area contributed by atoms with Gasteiger partial charge in [0.15, 0.2) is 0 Å². The molecule has 0 N–H and O–H groups in total. The molecular weight excluding hydrogens is 128 g/mol. The topological polar surface area (TPSA) is 18.5 Å². The van der Waals surface area contributed by atoms with Gasteiger partial charge in [-0.1, -0.05) is 13.0 Å². The van der Waals surface area contributed by atoms with Crippen LogP contribution in [0, 0.1) is 0 Å². The van der Waals surface area contributed by atoms with Gasteiger partial charge in [0.05, 0.1) is 19.3 Å². The van der Waals surface area contributed by atoms with Crippen LogP contribution in [0.5, 0.6) is 0 Å². The highest BCUT2D eigenvalue weighted by atomic mass is 16.5. The van der Waals surface area contributed by atoms with Crippen molar-refractivity contribution in [3.63, 3.8) is 0 Å². The van der Waals surface area contributed by atoms with Crippen LogP contribution in [-0.4, -0.2) is 26.4 Å². The predicted molar refractivity (Wildman–Crippen MR) is 42.1 cm³/mol. The summed E-state index contributed by atoms with van der Waals surface area (Å²) in [6.07, 6.45) is 2.96. The molecule has 0 aromatic heterocycles. The molecule has 60 valence electrons. The second-order valence-corrected chi connectivity index (χ2v) is 2.11. The monoisotopic (exact) mass is 144 g/mol. The molecule has 10 heavy (non-hydrogen) atoms. The van der Waals surface area contributed by atoms with E-state index in [1.54, 1.807) is 13.2 Å². The van der Waals surface area contributed by atoms with E-state index in [1.165, 1.54) is 0 Å². The molecule has 0 aliphatic heterocycles. The standard InChI is InChI=1S/C8H16O2/c1-4-6-10-8(5-2)7-9-3/h4,8H,1,5-7H2,2-3H3. The molecule has 2 nitrogen and oxygen atoms in total. The third-order valence-corrected chi connectivity index (χ3v) is 1.26. The Morgan fingerprint density at radius 2 is 2.30 bits per heavy atom. The van der Waals surface area contributed by atoms with E-state index in [2.05, 4.69) is 13.5 Å². The Morgan fingerprint density at radius 3 is 2.70 bits per heavy atom. The van der Waals surface area contributed by atoms with E-state index >= 15 is 0 Å². The van der Waals surface area contributed by atoms with Gasteiger partial charge in [-0.2, -0.15) is 0 Å². The Bertz CT molecular complexity index is 81.3. The molecule has 0 saturated carbocycles. The van der Waals surface area contributed by atoms with E-state index in [9.17, 15) is 0 Å². The fraction of sp³-hybridized carbons (Fsp3) is 0.750. The highest BCUT2D eigenvalue weighted by molar-refractivity contribution is 4.66. The fourth-order valence-electron chi connectivity index (χ4n) is 0.674. The smallest absolute Gasteiger partial charge is 0.0810 e. The van der Waals surface area contributed by atoms with Gasteiger partial charge < -0.3 is 9.47 Å². The second kappa shape index (κ2) is 6.78. The molecule has 0 radical (unpaired) electrons. The maximum absolute atomic E-state index is 5.34. The number of ether oxygens (including phenoxy) is 2. The fourth-order valence-corrected chi connectivity index (χ4v) is 0.674. The molecule has 0 fully saturated rings. The van der Waals surface area contributed by atoms with Gasteiger partial charge >= 0.3 is 0 Å². The van der Waals surface area contributed by atoms with E-state index in [1.807, 2.05) is 0 Å². The van der Waals surface area contributed by atoms with Crippen molar-refractivity contribution in [3.05, 3.63) is 12.7 Å². The molecule has 1 atom stereocenters. The summed E-state index contributed by atoms with van der Waals surface area (Å²) in [7, 11) is 1.68. The minimum absolute atomic E-state index is 0.225. The molecule has 0 aliphatic carbocycles. The van der Waals surface area contributed by atoms with E-state index < -0.39 is 0 Å². The minimum Gasteiger partial charge on any atom is -0.382 e.